The smallest absolute Gasteiger partial charge is 0.272 e. The summed E-state index contributed by atoms with van der Waals surface area (Å²) in [4.78, 5) is 25.7. The topological polar surface area (TPSA) is 76.5 Å². The molecule has 1 N–H and O–H groups in total. The number of benzene rings is 1. The molecule has 0 bridgehead atoms. The van der Waals surface area contributed by atoms with Crippen LogP contribution in [0.4, 0.5) is 0 Å². The Morgan fingerprint density at radius 1 is 1.32 bits per heavy atom. The van der Waals surface area contributed by atoms with Crippen LogP contribution in [0, 0.1) is 0 Å². The average molecular weight is 342 g/mol. The first kappa shape index (κ1) is 17.2. The zero-order valence-electron chi connectivity index (χ0n) is 14.4. The van der Waals surface area contributed by atoms with E-state index in [-0.39, 0.29) is 17.9 Å². The second kappa shape index (κ2) is 7.48. The van der Waals surface area contributed by atoms with Gasteiger partial charge in [-0.25, -0.2) is 0 Å². The van der Waals surface area contributed by atoms with E-state index in [1.807, 2.05) is 36.4 Å². The molecule has 132 valence electrons. The van der Waals surface area contributed by atoms with Crippen molar-refractivity contribution in [2.24, 2.45) is 7.05 Å². The predicted molar refractivity (Wildman–Crippen MR) is 93.0 cm³/mol. The van der Waals surface area contributed by atoms with Crippen LogP contribution in [-0.2, 0) is 16.6 Å². The minimum Gasteiger partial charge on any atom is -0.373 e. The highest BCUT2D eigenvalue weighted by Gasteiger charge is 2.27. The fraction of sp³-hybridized carbons (Fsp3) is 0.389. The summed E-state index contributed by atoms with van der Waals surface area (Å²) in [5.41, 5.74) is 2.29. The van der Waals surface area contributed by atoms with Crippen molar-refractivity contribution in [3.05, 3.63) is 42.1 Å². The molecule has 0 saturated carbocycles. The summed E-state index contributed by atoms with van der Waals surface area (Å²) < 4.78 is 7.23. The van der Waals surface area contributed by atoms with Gasteiger partial charge in [-0.15, -0.1) is 0 Å². The van der Waals surface area contributed by atoms with Gasteiger partial charge in [-0.2, -0.15) is 5.10 Å². The molecule has 1 aromatic heterocycles. The van der Waals surface area contributed by atoms with E-state index in [0.29, 0.717) is 31.9 Å². The highest BCUT2D eigenvalue weighted by molar-refractivity contribution is 5.93. The highest BCUT2D eigenvalue weighted by atomic mass is 16.5. The minimum atomic E-state index is -0.191. The first-order chi connectivity index (χ1) is 12.0. The van der Waals surface area contributed by atoms with Crippen molar-refractivity contribution in [3.63, 3.8) is 0 Å². The Kier molecular flexibility index (Phi) is 5.14. The van der Waals surface area contributed by atoms with Crippen LogP contribution < -0.4 is 5.32 Å². The quantitative estimate of drug-likeness (QED) is 0.902. The Bertz CT molecular complexity index is 757. The molecule has 2 aromatic rings. The molecule has 7 nitrogen and oxygen atoms in total. The third-order valence-corrected chi connectivity index (χ3v) is 4.17. The van der Waals surface area contributed by atoms with Crippen molar-refractivity contribution in [1.29, 1.82) is 0 Å². The summed E-state index contributed by atoms with van der Waals surface area (Å²) in [5.74, 6) is -0.181. The van der Waals surface area contributed by atoms with Gasteiger partial charge in [0.1, 0.15) is 5.69 Å². The first-order valence-corrected chi connectivity index (χ1v) is 8.29. The zero-order chi connectivity index (χ0) is 17.8. The van der Waals surface area contributed by atoms with E-state index >= 15 is 0 Å². The average Bonchev–Trinajstić information content (AvgIpc) is 3.02. The largest absolute Gasteiger partial charge is 0.373 e. The molecule has 2 amide bonds. The van der Waals surface area contributed by atoms with Gasteiger partial charge in [0.25, 0.3) is 5.91 Å². The van der Waals surface area contributed by atoms with Crippen molar-refractivity contribution >= 4 is 11.8 Å². The van der Waals surface area contributed by atoms with Gasteiger partial charge in [-0.1, -0.05) is 30.3 Å². The summed E-state index contributed by atoms with van der Waals surface area (Å²) in [6.07, 6.45) is -0.191. The van der Waals surface area contributed by atoms with E-state index in [1.165, 1.54) is 6.92 Å². The Morgan fingerprint density at radius 3 is 2.80 bits per heavy atom. The second-order valence-electron chi connectivity index (χ2n) is 6.09. The number of carbonyl (C=O) groups is 2. The van der Waals surface area contributed by atoms with Crippen LogP contribution in [0.1, 0.15) is 17.4 Å². The van der Waals surface area contributed by atoms with Crippen molar-refractivity contribution in [2.45, 2.75) is 13.0 Å². The number of aryl methyl sites for hydroxylation is 1. The Morgan fingerprint density at radius 2 is 2.08 bits per heavy atom. The lowest BCUT2D eigenvalue weighted by Gasteiger charge is -2.32. The lowest BCUT2D eigenvalue weighted by molar-refractivity contribution is -0.120. The molecule has 1 aromatic carbocycles. The lowest BCUT2D eigenvalue weighted by atomic mass is 10.1. The van der Waals surface area contributed by atoms with Crippen LogP contribution in [0.3, 0.4) is 0 Å². The highest BCUT2D eigenvalue weighted by Crippen LogP contribution is 2.20. The molecule has 3 rings (SSSR count). The number of nitrogens with one attached hydrogen (secondary N) is 1. The van der Waals surface area contributed by atoms with Crippen LogP contribution in [0.25, 0.3) is 11.3 Å². The number of carbonyl (C=O) groups excluding carboxylic acids is 2. The number of morpholine rings is 1. The summed E-state index contributed by atoms with van der Waals surface area (Å²) >= 11 is 0. The van der Waals surface area contributed by atoms with Crippen molar-refractivity contribution in [2.75, 3.05) is 26.2 Å². The van der Waals surface area contributed by atoms with Gasteiger partial charge in [0.15, 0.2) is 0 Å². The molecule has 1 unspecified atom stereocenters. The number of amides is 2. The Hall–Kier alpha value is -2.67. The fourth-order valence-corrected chi connectivity index (χ4v) is 2.86. The molecular weight excluding hydrogens is 320 g/mol. The van der Waals surface area contributed by atoms with Gasteiger partial charge in [0.05, 0.1) is 18.4 Å². The summed E-state index contributed by atoms with van der Waals surface area (Å²) in [7, 11) is 1.77. The molecule has 1 atom stereocenters. The van der Waals surface area contributed by atoms with Crippen molar-refractivity contribution in [1.82, 2.24) is 20.0 Å². The van der Waals surface area contributed by atoms with E-state index in [9.17, 15) is 9.59 Å². The van der Waals surface area contributed by atoms with Gasteiger partial charge in [0.2, 0.25) is 5.91 Å². The van der Waals surface area contributed by atoms with Crippen LogP contribution in [0.15, 0.2) is 36.4 Å². The molecule has 7 heteroatoms. The molecular formula is C18H22N4O3. The van der Waals surface area contributed by atoms with E-state index in [4.69, 9.17) is 4.74 Å². The molecule has 1 fully saturated rings. The maximum absolute atomic E-state index is 12.9. The van der Waals surface area contributed by atoms with Crippen LogP contribution in [-0.4, -0.2) is 58.8 Å². The number of ether oxygens (including phenoxy) is 1. The molecule has 0 spiro atoms. The number of nitrogens with zero attached hydrogens (tertiary/aromatic N) is 3. The van der Waals surface area contributed by atoms with Gasteiger partial charge in [-0.3, -0.25) is 14.3 Å². The van der Waals surface area contributed by atoms with E-state index in [2.05, 4.69) is 10.4 Å². The maximum atomic E-state index is 12.9. The Labute approximate surface area is 146 Å². The molecule has 2 heterocycles. The standard InChI is InChI=1S/C18H22N4O3/c1-13(23)19-11-15-12-22(8-9-25-15)18(24)17-10-16(20-21(17)2)14-6-4-3-5-7-14/h3-7,10,15H,8-9,11-12H2,1-2H3,(H,19,23). The molecule has 0 radical (unpaired) electrons. The molecule has 1 aliphatic rings. The number of aromatic nitrogens is 2. The third-order valence-electron chi connectivity index (χ3n) is 4.17. The van der Waals surface area contributed by atoms with Crippen LogP contribution >= 0.6 is 0 Å². The molecule has 1 aliphatic heterocycles. The summed E-state index contributed by atoms with van der Waals surface area (Å²) in [5, 5.41) is 7.19. The zero-order valence-corrected chi connectivity index (χ0v) is 14.4. The van der Waals surface area contributed by atoms with Crippen molar-refractivity contribution in [3.8, 4) is 11.3 Å². The molecule has 0 aliphatic carbocycles. The minimum absolute atomic E-state index is 0.0756. The van der Waals surface area contributed by atoms with E-state index in [0.717, 1.165) is 11.3 Å². The van der Waals surface area contributed by atoms with Crippen LogP contribution in [0.5, 0.6) is 0 Å². The van der Waals surface area contributed by atoms with Crippen molar-refractivity contribution < 1.29 is 14.3 Å². The van der Waals surface area contributed by atoms with Gasteiger partial charge in [-0.05, 0) is 6.07 Å². The fourth-order valence-electron chi connectivity index (χ4n) is 2.86. The summed E-state index contributed by atoms with van der Waals surface area (Å²) in [6.45, 7) is 3.30. The van der Waals surface area contributed by atoms with E-state index < -0.39 is 0 Å². The third kappa shape index (κ3) is 4.06. The maximum Gasteiger partial charge on any atom is 0.272 e. The monoisotopic (exact) mass is 342 g/mol. The van der Waals surface area contributed by atoms with Gasteiger partial charge in [0, 0.05) is 39.2 Å². The van der Waals surface area contributed by atoms with E-state index in [1.54, 1.807) is 16.6 Å². The second-order valence-corrected chi connectivity index (χ2v) is 6.09. The van der Waals surface area contributed by atoms with Gasteiger partial charge >= 0.3 is 0 Å². The number of rotatable bonds is 4. The summed E-state index contributed by atoms with van der Waals surface area (Å²) in [6, 6.07) is 11.6. The number of hydrogen-bond acceptors (Lipinski definition) is 4. The lowest BCUT2D eigenvalue weighted by Crippen LogP contribution is -2.49. The van der Waals surface area contributed by atoms with Gasteiger partial charge < -0.3 is 15.0 Å². The normalized spacial score (nSPS) is 17.4. The predicted octanol–water partition coefficient (Wildman–Crippen LogP) is 1.06. The number of hydrogen-bond donors (Lipinski definition) is 1. The Balaban J connectivity index is 1.72. The molecule has 1 saturated heterocycles. The SMILES string of the molecule is CC(=O)NCC1CN(C(=O)c2cc(-c3ccccc3)nn2C)CCO1. The first-order valence-electron chi connectivity index (χ1n) is 8.29. The van der Waals surface area contributed by atoms with Crippen LogP contribution in [0.2, 0.25) is 0 Å². The molecule has 25 heavy (non-hydrogen) atoms.